The van der Waals surface area contributed by atoms with Crippen molar-refractivity contribution >= 4 is 31.4 Å². The van der Waals surface area contributed by atoms with E-state index in [2.05, 4.69) is 22.6 Å². The predicted molar refractivity (Wildman–Crippen MR) is 134 cm³/mol. The van der Waals surface area contributed by atoms with Crippen molar-refractivity contribution in [1.82, 2.24) is 0 Å². The fourth-order valence-electron chi connectivity index (χ4n) is 3.82. The average Bonchev–Trinajstić information content (AvgIpc) is 2.73. The molecule has 0 N–H and O–H groups in total. The predicted octanol–water partition coefficient (Wildman–Crippen LogP) is 8.32. The van der Waals surface area contributed by atoms with Crippen LogP contribution in [0.4, 0.5) is 0 Å². The van der Waals surface area contributed by atoms with Crippen LogP contribution in [0, 0.1) is 0 Å². The second-order valence-electron chi connectivity index (χ2n) is 8.10. The van der Waals surface area contributed by atoms with Gasteiger partial charge in [0.05, 0.1) is 0 Å². The summed E-state index contributed by atoms with van der Waals surface area (Å²) in [4.78, 5) is 0. The maximum Gasteiger partial charge on any atom is 0.500 e. The zero-order valence-corrected chi connectivity index (χ0v) is 22.4. The molecule has 0 atom stereocenters. The maximum atomic E-state index is 5.47. The first-order valence-corrected chi connectivity index (χ1v) is 15.4. The van der Waals surface area contributed by atoms with Gasteiger partial charge in [-0.3, -0.25) is 0 Å². The van der Waals surface area contributed by atoms with Gasteiger partial charge in [0.15, 0.2) is 0 Å². The molecule has 0 saturated heterocycles. The molecule has 170 valence electrons. The molecule has 0 aliphatic carbocycles. The molecule has 5 heteroatoms. The molecule has 0 radical (unpaired) electrons. The normalized spacial score (nSPS) is 12.0. The monoisotopic (exact) mass is 528 g/mol. The van der Waals surface area contributed by atoms with Gasteiger partial charge in [0.25, 0.3) is 0 Å². The molecule has 0 unspecified atom stereocenters. The van der Waals surface area contributed by atoms with Gasteiger partial charge in [-0.1, -0.05) is 125 Å². The quantitative estimate of drug-likeness (QED) is 0.0578. The summed E-state index contributed by atoms with van der Waals surface area (Å²) in [5.74, 6) is 0. The van der Waals surface area contributed by atoms with E-state index in [0.29, 0.717) is 0 Å². The summed E-state index contributed by atoms with van der Waals surface area (Å²) in [6.45, 7) is 0. The van der Waals surface area contributed by atoms with Crippen LogP contribution in [0.15, 0.2) is 0 Å². The fourth-order valence-corrected chi connectivity index (χ4v) is 6.16. The second kappa shape index (κ2) is 22.5. The Labute approximate surface area is 191 Å². The molecular weight excluding hydrogens is 479 g/mol. The van der Waals surface area contributed by atoms with E-state index in [1.807, 2.05) is 0 Å². The van der Waals surface area contributed by atoms with E-state index in [0.717, 1.165) is 12.5 Å². The van der Waals surface area contributed by atoms with Crippen LogP contribution in [0.3, 0.4) is 0 Å². The van der Waals surface area contributed by atoms with Gasteiger partial charge in [-0.05, 0) is 17.3 Å². The third-order valence-electron chi connectivity index (χ3n) is 5.80. The molecule has 0 heterocycles. The van der Waals surface area contributed by atoms with Crippen molar-refractivity contribution in [2.45, 2.75) is 122 Å². The fraction of sp³-hybridized carbons (Fsp3) is 1.00. The third-order valence-corrected chi connectivity index (χ3v) is 9.39. The molecule has 0 saturated carbocycles. The average molecular weight is 529 g/mol. The van der Waals surface area contributed by atoms with E-state index in [1.165, 1.54) is 114 Å². The second-order valence-corrected chi connectivity index (χ2v) is 12.3. The minimum Gasteiger partial charge on any atom is -0.377 e. The smallest absolute Gasteiger partial charge is 0.377 e. The van der Waals surface area contributed by atoms with Crippen LogP contribution in [0.5, 0.6) is 0 Å². The molecule has 3 nitrogen and oxygen atoms in total. The topological polar surface area (TPSA) is 27.7 Å². The minimum atomic E-state index is -2.33. The van der Waals surface area contributed by atoms with Gasteiger partial charge in [0.1, 0.15) is 0 Å². The first-order valence-electron chi connectivity index (χ1n) is 12.0. The van der Waals surface area contributed by atoms with E-state index in [4.69, 9.17) is 13.3 Å². The highest BCUT2D eigenvalue weighted by Crippen LogP contribution is 2.19. The number of unbranched alkanes of at least 4 members (excludes halogenated alkanes) is 17. The van der Waals surface area contributed by atoms with E-state index < -0.39 is 8.80 Å². The Hall–Kier alpha value is 0.827. The van der Waals surface area contributed by atoms with Crippen molar-refractivity contribution in [2.75, 3.05) is 25.8 Å². The number of halogens is 1. The van der Waals surface area contributed by atoms with Crippen molar-refractivity contribution in [1.29, 1.82) is 0 Å². The van der Waals surface area contributed by atoms with E-state index in [1.54, 1.807) is 21.3 Å². The molecule has 0 spiro atoms. The van der Waals surface area contributed by atoms with Crippen LogP contribution in [0.25, 0.3) is 0 Å². The summed E-state index contributed by atoms with van der Waals surface area (Å²) in [6, 6.07) is 0.940. The first-order chi connectivity index (χ1) is 13.7. The highest BCUT2D eigenvalue weighted by Gasteiger charge is 2.36. The summed E-state index contributed by atoms with van der Waals surface area (Å²) in [7, 11) is 2.78. The highest BCUT2D eigenvalue weighted by molar-refractivity contribution is 14.1. The lowest BCUT2D eigenvalue weighted by Gasteiger charge is -2.24. The van der Waals surface area contributed by atoms with Crippen molar-refractivity contribution in [2.24, 2.45) is 0 Å². The Morgan fingerprint density at radius 2 is 0.679 bits per heavy atom. The molecule has 28 heavy (non-hydrogen) atoms. The zero-order valence-electron chi connectivity index (χ0n) is 19.2. The Balaban J connectivity index is 3.18. The number of hydrogen-bond donors (Lipinski definition) is 0. The van der Waals surface area contributed by atoms with Crippen molar-refractivity contribution in [3.05, 3.63) is 0 Å². The Morgan fingerprint density at radius 1 is 0.429 bits per heavy atom. The summed E-state index contributed by atoms with van der Waals surface area (Å²) >= 11 is 2.49. The lowest BCUT2D eigenvalue weighted by Crippen LogP contribution is -2.42. The van der Waals surface area contributed by atoms with Crippen LogP contribution in [0.1, 0.15) is 116 Å². The summed E-state index contributed by atoms with van der Waals surface area (Å²) in [6.07, 6.45) is 25.4. The Bertz CT molecular complexity index is 293. The summed E-state index contributed by atoms with van der Waals surface area (Å²) in [5, 5.41) is 0. The van der Waals surface area contributed by atoms with Gasteiger partial charge in [-0.15, -0.1) is 0 Å². The molecule has 0 amide bonds. The van der Waals surface area contributed by atoms with E-state index >= 15 is 0 Å². The van der Waals surface area contributed by atoms with Crippen LogP contribution >= 0.6 is 22.6 Å². The molecule has 0 aromatic carbocycles. The van der Waals surface area contributed by atoms with Crippen molar-refractivity contribution < 1.29 is 13.3 Å². The number of hydrogen-bond acceptors (Lipinski definition) is 3. The van der Waals surface area contributed by atoms with Gasteiger partial charge < -0.3 is 13.3 Å². The maximum absolute atomic E-state index is 5.47. The summed E-state index contributed by atoms with van der Waals surface area (Å²) < 4.78 is 17.7. The highest BCUT2D eigenvalue weighted by atomic mass is 127. The molecule has 0 aliphatic rings. The Kier molecular flexibility index (Phi) is 23.2. The van der Waals surface area contributed by atoms with Crippen molar-refractivity contribution in [3.63, 3.8) is 0 Å². The lowest BCUT2D eigenvalue weighted by molar-refractivity contribution is 0.122. The number of rotatable bonds is 23. The molecule has 0 fully saturated rings. The van der Waals surface area contributed by atoms with Crippen LogP contribution in [0.2, 0.25) is 6.04 Å². The zero-order chi connectivity index (χ0) is 20.8. The minimum absolute atomic E-state index is 0.940. The van der Waals surface area contributed by atoms with Gasteiger partial charge in [-0.25, -0.2) is 0 Å². The first kappa shape index (κ1) is 28.8. The van der Waals surface area contributed by atoms with Gasteiger partial charge in [0, 0.05) is 27.4 Å². The third kappa shape index (κ3) is 17.7. The van der Waals surface area contributed by atoms with Crippen LogP contribution in [-0.2, 0) is 13.3 Å². The van der Waals surface area contributed by atoms with E-state index in [9.17, 15) is 0 Å². The molecule has 0 aliphatic heterocycles. The Morgan fingerprint density at radius 3 is 0.929 bits per heavy atom. The summed E-state index contributed by atoms with van der Waals surface area (Å²) in [5.41, 5.74) is 0. The van der Waals surface area contributed by atoms with Crippen LogP contribution in [-0.4, -0.2) is 34.6 Å². The molecule has 0 bridgehead atoms. The lowest BCUT2D eigenvalue weighted by atomic mass is 10.0. The van der Waals surface area contributed by atoms with E-state index in [-0.39, 0.29) is 0 Å². The number of alkyl halides is 1. The molecule has 0 aromatic heterocycles. The van der Waals surface area contributed by atoms with Gasteiger partial charge in [0.2, 0.25) is 0 Å². The molecule has 0 rings (SSSR count). The molecular formula is C23H49IO3Si. The van der Waals surface area contributed by atoms with Crippen LogP contribution < -0.4 is 0 Å². The SMILES string of the molecule is CO[Si](CCCCCCCCCCCCCCCCCCCCI)(OC)OC. The standard InChI is InChI=1S/C23H49IO3Si/c1-25-28(26-2,27-3)23-21-19-17-15-13-11-9-7-5-4-6-8-10-12-14-16-18-20-22-24/h4-23H2,1-3H3. The van der Waals surface area contributed by atoms with Gasteiger partial charge >= 0.3 is 8.80 Å². The van der Waals surface area contributed by atoms with Gasteiger partial charge in [-0.2, -0.15) is 0 Å². The van der Waals surface area contributed by atoms with Crippen molar-refractivity contribution in [3.8, 4) is 0 Å². The largest absolute Gasteiger partial charge is 0.500 e. The molecule has 0 aromatic rings.